The lowest BCUT2D eigenvalue weighted by Gasteiger charge is -2.05. The Bertz CT molecular complexity index is 470. The molecule has 0 radical (unpaired) electrons. The number of rotatable bonds is 5. The summed E-state index contributed by atoms with van der Waals surface area (Å²) in [6, 6.07) is 7.45. The van der Waals surface area contributed by atoms with E-state index in [9.17, 15) is 0 Å². The fourth-order valence-electron chi connectivity index (χ4n) is 1.21. The molecule has 0 aliphatic carbocycles. The van der Waals surface area contributed by atoms with Gasteiger partial charge in [0.15, 0.2) is 0 Å². The largest absolute Gasteiger partial charge is 0.494 e. The zero-order chi connectivity index (χ0) is 12.1. The molecule has 0 bridgehead atoms. The lowest BCUT2D eigenvalue weighted by Crippen LogP contribution is -1.94. The first-order chi connectivity index (χ1) is 8.28. The predicted octanol–water partition coefficient (Wildman–Crippen LogP) is 4.38. The molecule has 1 aromatic heterocycles. The monoisotopic (exact) mass is 269 g/mol. The standard InChI is InChI=1S/C12H12ClNO2S/c1-2-7-15-9-3-5-10(6-4-9)16-12-14-11(13)8-17-12/h3-6,8H,2,7H2,1H3. The number of hydrogen-bond donors (Lipinski definition) is 0. The molecule has 17 heavy (non-hydrogen) atoms. The van der Waals surface area contributed by atoms with E-state index in [1.165, 1.54) is 11.3 Å². The van der Waals surface area contributed by atoms with Crippen molar-refractivity contribution in [3.05, 3.63) is 34.8 Å². The zero-order valence-corrected chi connectivity index (χ0v) is 10.9. The summed E-state index contributed by atoms with van der Waals surface area (Å²) in [5.74, 6) is 1.57. The third kappa shape index (κ3) is 3.61. The van der Waals surface area contributed by atoms with Crippen LogP contribution in [0.2, 0.25) is 5.15 Å². The van der Waals surface area contributed by atoms with Gasteiger partial charge in [0, 0.05) is 5.38 Å². The second-order valence-corrected chi connectivity index (χ2v) is 4.57. The topological polar surface area (TPSA) is 31.4 Å². The average Bonchev–Trinajstić information content (AvgIpc) is 2.74. The minimum Gasteiger partial charge on any atom is -0.494 e. The number of ether oxygens (including phenoxy) is 2. The number of benzene rings is 1. The first-order valence-corrected chi connectivity index (χ1v) is 6.55. The molecule has 0 atom stereocenters. The maximum atomic E-state index is 5.71. The van der Waals surface area contributed by atoms with Crippen LogP contribution in [0.3, 0.4) is 0 Å². The molecule has 5 heteroatoms. The van der Waals surface area contributed by atoms with Crippen LogP contribution in [0.5, 0.6) is 16.7 Å². The van der Waals surface area contributed by atoms with Gasteiger partial charge in [-0.2, -0.15) is 4.98 Å². The van der Waals surface area contributed by atoms with E-state index in [2.05, 4.69) is 11.9 Å². The Balaban J connectivity index is 1.98. The van der Waals surface area contributed by atoms with Gasteiger partial charge in [0.05, 0.1) is 6.61 Å². The Morgan fingerprint density at radius 1 is 1.24 bits per heavy atom. The lowest BCUT2D eigenvalue weighted by atomic mass is 10.3. The van der Waals surface area contributed by atoms with Gasteiger partial charge in [0.2, 0.25) is 0 Å². The highest BCUT2D eigenvalue weighted by Gasteiger charge is 2.02. The van der Waals surface area contributed by atoms with Crippen LogP contribution in [0.4, 0.5) is 0 Å². The second-order valence-electron chi connectivity index (χ2n) is 3.36. The molecule has 0 saturated heterocycles. The van der Waals surface area contributed by atoms with Gasteiger partial charge < -0.3 is 9.47 Å². The van der Waals surface area contributed by atoms with Crippen molar-refractivity contribution in [1.82, 2.24) is 4.98 Å². The SMILES string of the molecule is CCCOc1ccc(Oc2nc(Cl)cs2)cc1. The van der Waals surface area contributed by atoms with Crippen molar-refractivity contribution < 1.29 is 9.47 Å². The highest BCUT2D eigenvalue weighted by molar-refractivity contribution is 7.11. The van der Waals surface area contributed by atoms with Gasteiger partial charge in [-0.25, -0.2) is 0 Å². The quantitative estimate of drug-likeness (QED) is 0.807. The summed E-state index contributed by atoms with van der Waals surface area (Å²) in [6.07, 6.45) is 0.996. The van der Waals surface area contributed by atoms with Crippen LogP contribution >= 0.6 is 22.9 Å². The summed E-state index contributed by atoms with van der Waals surface area (Å²) < 4.78 is 11.0. The van der Waals surface area contributed by atoms with E-state index in [-0.39, 0.29) is 0 Å². The first kappa shape index (κ1) is 12.2. The van der Waals surface area contributed by atoms with Crippen molar-refractivity contribution in [3.8, 4) is 16.7 Å². The van der Waals surface area contributed by atoms with Gasteiger partial charge in [-0.1, -0.05) is 29.9 Å². The lowest BCUT2D eigenvalue weighted by molar-refractivity contribution is 0.317. The van der Waals surface area contributed by atoms with Gasteiger partial charge in [0.25, 0.3) is 5.19 Å². The summed E-state index contributed by atoms with van der Waals surface area (Å²) in [4.78, 5) is 4.01. The van der Waals surface area contributed by atoms with Crippen LogP contribution in [-0.2, 0) is 0 Å². The van der Waals surface area contributed by atoms with E-state index in [0.29, 0.717) is 10.3 Å². The van der Waals surface area contributed by atoms with Crippen molar-refractivity contribution in [2.24, 2.45) is 0 Å². The number of halogens is 1. The summed E-state index contributed by atoms with van der Waals surface area (Å²) in [5.41, 5.74) is 0. The van der Waals surface area contributed by atoms with Crippen molar-refractivity contribution in [3.63, 3.8) is 0 Å². The summed E-state index contributed by atoms with van der Waals surface area (Å²) in [6.45, 7) is 2.80. The van der Waals surface area contributed by atoms with Crippen LogP contribution in [0.1, 0.15) is 13.3 Å². The highest BCUT2D eigenvalue weighted by Crippen LogP contribution is 2.28. The van der Waals surface area contributed by atoms with Crippen LogP contribution in [0.25, 0.3) is 0 Å². The molecule has 1 aromatic carbocycles. The van der Waals surface area contributed by atoms with Crippen LogP contribution in [0, 0.1) is 0 Å². The number of nitrogens with zero attached hydrogens (tertiary/aromatic N) is 1. The van der Waals surface area contributed by atoms with Crippen LogP contribution in [-0.4, -0.2) is 11.6 Å². The minimum absolute atomic E-state index is 0.452. The molecule has 0 saturated carbocycles. The molecule has 0 spiro atoms. The predicted molar refractivity (Wildman–Crippen MR) is 69.4 cm³/mol. The fraction of sp³-hybridized carbons (Fsp3) is 0.250. The third-order valence-electron chi connectivity index (χ3n) is 1.96. The summed E-state index contributed by atoms with van der Waals surface area (Å²) >= 11 is 7.07. The highest BCUT2D eigenvalue weighted by atomic mass is 35.5. The van der Waals surface area contributed by atoms with E-state index in [4.69, 9.17) is 21.1 Å². The van der Waals surface area contributed by atoms with Gasteiger partial charge >= 0.3 is 0 Å². The third-order valence-corrected chi connectivity index (χ3v) is 3.00. The van der Waals surface area contributed by atoms with Crippen molar-refractivity contribution in [2.45, 2.75) is 13.3 Å². The van der Waals surface area contributed by atoms with Gasteiger partial charge in [-0.3, -0.25) is 0 Å². The van der Waals surface area contributed by atoms with Crippen molar-refractivity contribution >= 4 is 22.9 Å². The van der Waals surface area contributed by atoms with Crippen LogP contribution in [0.15, 0.2) is 29.6 Å². The van der Waals surface area contributed by atoms with E-state index in [1.54, 1.807) is 5.38 Å². The van der Waals surface area contributed by atoms with E-state index < -0.39 is 0 Å². The normalized spacial score (nSPS) is 10.2. The average molecular weight is 270 g/mol. The Labute approximate surface area is 109 Å². The molecule has 0 amide bonds. The molecular weight excluding hydrogens is 258 g/mol. The molecule has 0 aliphatic heterocycles. The molecule has 3 nitrogen and oxygen atoms in total. The molecule has 0 unspecified atom stereocenters. The number of thiazole rings is 1. The Hall–Kier alpha value is -1.26. The van der Waals surface area contributed by atoms with E-state index >= 15 is 0 Å². The van der Waals surface area contributed by atoms with Gasteiger partial charge in [-0.05, 0) is 30.7 Å². The van der Waals surface area contributed by atoms with Crippen LogP contribution < -0.4 is 9.47 Å². The molecule has 2 aromatic rings. The van der Waals surface area contributed by atoms with Crippen molar-refractivity contribution in [1.29, 1.82) is 0 Å². The molecule has 1 heterocycles. The maximum absolute atomic E-state index is 5.71. The molecular formula is C12H12ClNO2S. The Kier molecular flexibility index (Phi) is 4.23. The van der Waals surface area contributed by atoms with E-state index in [1.807, 2.05) is 24.3 Å². The second kappa shape index (κ2) is 5.89. The molecule has 90 valence electrons. The first-order valence-electron chi connectivity index (χ1n) is 5.29. The minimum atomic E-state index is 0.452. The fourth-order valence-corrected chi connectivity index (χ4v) is 2.02. The van der Waals surface area contributed by atoms with Crippen molar-refractivity contribution in [2.75, 3.05) is 6.61 Å². The molecule has 0 aliphatic rings. The number of hydrogen-bond acceptors (Lipinski definition) is 4. The maximum Gasteiger partial charge on any atom is 0.280 e. The van der Waals surface area contributed by atoms with E-state index in [0.717, 1.165) is 24.5 Å². The van der Waals surface area contributed by atoms with Gasteiger partial charge in [-0.15, -0.1) is 0 Å². The molecule has 0 N–H and O–H groups in total. The molecule has 0 fully saturated rings. The molecule has 2 rings (SSSR count). The summed E-state index contributed by atoms with van der Waals surface area (Å²) in [7, 11) is 0. The Morgan fingerprint density at radius 2 is 1.94 bits per heavy atom. The summed E-state index contributed by atoms with van der Waals surface area (Å²) in [5, 5.41) is 2.72. The number of aromatic nitrogens is 1. The zero-order valence-electron chi connectivity index (χ0n) is 9.35. The Morgan fingerprint density at radius 3 is 2.53 bits per heavy atom. The smallest absolute Gasteiger partial charge is 0.280 e. The van der Waals surface area contributed by atoms with Gasteiger partial charge in [0.1, 0.15) is 16.7 Å².